The highest BCUT2D eigenvalue weighted by Crippen LogP contribution is 2.40. The molecular weight excluding hydrogens is 550 g/mol. The van der Waals surface area contributed by atoms with E-state index < -0.39 is 6.10 Å². The Hall–Kier alpha value is -4.92. The van der Waals surface area contributed by atoms with Crippen molar-refractivity contribution in [2.75, 3.05) is 14.2 Å². The van der Waals surface area contributed by atoms with Gasteiger partial charge in [-0.05, 0) is 43.3 Å². The van der Waals surface area contributed by atoms with E-state index in [0.29, 0.717) is 45.1 Å². The SMILES string of the molecule is COc1c(-c2cccc(F)c2)nc2ccccc2c1C(C)O.COc1c(-c2cccc(F)c2)nc2ccccc2c1CO. The molecule has 6 aromatic rings. The van der Waals surface area contributed by atoms with Gasteiger partial charge in [0.15, 0.2) is 11.5 Å². The molecule has 1 unspecified atom stereocenters. The number of hydrogen-bond acceptors (Lipinski definition) is 6. The average molecular weight is 581 g/mol. The minimum absolute atomic E-state index is 0.172. The molecule has 0 spiro atoms. The Kier molecular flexibility index (Phi) is 8.90. The molecule has 0 amide bonds. The first-order valence-electron chi connectivity index (χ1n) is 13.6. The molecular formula is C35H30F2N2O4. The lowest BCUT2D eigenvalue weighted by molar-refractivity contribution is 0.196. The van der Waals surface area contributed by atoms with Crippen LogP contribution in [0, 0.1) is 11.6 Å². The zero-order chi connectivity index (χ0) is 30.5. The van der Waals surface area contributed by atoms with E-state index in [9.17, 15) is 19.0 Å². The third kappa shape index (κ3) is 6.02. The molecule has 0 aliphatic heterocycles. The summed E-state index contributed by atoms with van der Waals surface area (Å²) in [7, 11) is 3.05. The van der Waals surface area contributed by atoms with Crippen LogP contribution in [0.15, 0.2) is 97.1 Å². The van der Waals surface area contributed by atoms with E-state index in [-0.39, 0.29) is 18.2 Å². The van der Waals surface area contributed by atoms with Gasteiger partial charge in [-0.25, -0.2) is 18.7 Å². The predicted molar refractivity (Wildman–Crippen MR) is 164 cm³/mol. The average Bonchev–Trinajstić information content (AvgIpc) is 3.03. The first kappa shape index (κ1) is 29.6. The molecule has 0 fully saturated rings. The third-order valence-corrected chi connectivity index (χ3v) is 7.02. The maximum atomic E-state index is 13.5. The van der Waals surface area contributed by atoms with Crippen LogP contribution in [0.3, 0.4) is 0 Å². The predicted octanol–water partition coefficient (Wildman–Crippen LogP) is 7.64. The van der Waals surface area contributed by atoms with Crippen LogP contribution in [0.4, 0.5) is 8.78 Å². The van der Waals surface area contributed by atoms with Crippen molar-refractivity contribution >= 4 is 21.8 Å². The standard InChI is InChI=1S/C18H16FNO2.C17H14FNO2/c1-11(21)16-14-8-3-4-9-15(14)20-17(18(16)22-2)12-6-5-7-13(19)10-12;1-21-17-14(10-20)13-7-2-3-8-15(13)19-16(17)11-5-4-6-12(18)9-11/h3-11,21H,1-2H3;2-9,20H,10H2,1H3. The zero-order valence-electron chi connectivity index (χ0n) is 23.9. The normalized spacial score (nSPS) is 11.6. The summed E-state index contributed by atoms with van der Waals surface area (Å²) in [5.74, 6) is 0.268. The van der Waals surface area contributed by atoms with Crippen molar-refractivity contribution in [2.45, 2.75) is 19.6 Å². The fourth-order valence-corrected chi connectivity index (χ4v) is 5.14. The van der Waals surface area contributed by atoms with E-state index in [1.165, 1.54) is 38.5 Å². The molecule has 0 saturated carbocycles. The number of aromatic nitrogens is 2. The Morgan fingerprint density at radius 1 is 0.674 bits per heavy atom. The lowest BCUT2D eigenvalue weighted by atomic mass is 9.99. The van der Waals surface area contributed by atoms with Gasteiger partial charge in [0.05, 0.1) is 38.0 Å². The molecule has 0 aliphatic rings. The lowest BCUT2D eigenvalue weighted by Crippen LogP contribution is -2.02. The Labute approximate surface area is 247 Å². The molecule has 6 rings (SSSR count). The summed E-state index contributed by atoms with van der Waals surface area (Å²) in [6, 6.07) is 27.4. The lowest BCUT2D eigenvalue weighted by Gasteiger charge is -2.18. The van der Waals surface area contributed by atoms with Crippen LogP contribution in [0.5, 0.6) is 11.5 Å². The van der Waals surface area contributed by atoms with Gasteiger partial charge < -0.3 is 19.7 Å². The van der Waals surface area contributed by atoms with Gasteiger partial charge in [0.2, 0.25) is 0 Å². The number of pyridine rings is 2. The number of benzene rings is 4. The van der Waals surface area contributed by atoms with Crippen molar-refractivity contribution in [2.24, 2.45) is 0 Å². The summed E-state index contributed by atoms with van der Waals surface area (Å²) in [6.45, 7) is 1.51. The van der Waals surface area contributed by atoms with Gasteiger partial charge in [-0.1, -0.05) is 60.7 Å². The van der Waals surface area contributed by atoms with E-state index in [0.717, 1.165) is 21.8 Å². The fraction of sp³-hybridized carbons (Fsp3) is 0.143. The third-order valence-electron chi connectivity index (χ3n) is 7.02. The second-order valence-corrected chi connectivity index (χ2v) is 9.77. The monoisotopic (exact) mass is 580 g/mol. The van der Waals surface area contributed by atoms with Crippen LogP contribution in [0.1, 0.15) is 24.2 Å². The molecule has 218 valence electrons. The van der Waals surface area contributed by atoms with Gasteiger partial charge in [-0.15, -0.1) is 0 Å². The Morgan fingerprint density at radius 3 is 1.65 bits per heavy atom. The molecule has 8 heteroatoms. The minimum atomic E-state index is -0.727. The molecule has 43 heavy (non-hydrogen) atoms. The van der Waals surface area contributed by atoms with Gasteiger partial charge in [-0.3, -0.25) is 0 Å². The van der Waals surface area contributed by atoms with Crippen molar-refractivity contribution in [1.29, 1.82) is 0 Å². The minimum Gasteiger partial charge on any atom is -0.494 e. The Bertz CT molecular complexity index is 1910. The molecule has 0 saturated heterocycles. The number of ether oxygens (including phenoxy) is 2. The maximum Gasteiger partial charge on any atom is 0.151 e. The van der Waals surface area contributed by atoms with Crippen molar-refractivity contribution in [3.05, 3.63) is 120 Å². The fourth-order valence-electron chi connectivity index (χ4n) is 5.14. The summed E-state index contributed by atoms with van der Waals surface area (Å²) in [4.78, 5) is 9.16. The molecule has 0 radical (unpaired) electrons. The summed E-state index contributed by atoms with van der Waals surface area (Å²) < 4.78 is 37.9. The van der Waals surface area contributed by atoms with E-state index >= 15 is 0 Å². The molecule has 4 aromatic carbocycles. The van der Waals surface area contributed by atoms with E-state index in [1.54, 1.807) is 31.2 Å². The molecule has 0 aliphatic carbocycles. The van der Waals surface area contributed by atoms with Crippen molar-refractivity contribution < 1.29 is 28.5 Å². The Balaban J connectivity index is 0.000000171. The second kappa shape index (κ2) is 12.9. The number of fused-ring (bicyclic) bond motifs is 2. The highest BCUT2D eigenvalue weighted by molar-refractivity contribution is 5.90. The van der Waals surface area contributed by atoms with Crippen LogP contribution < -0.4 is 9.47 Å². The van der Waals surface area contributed by atoms with Crippen LogP contribution in [-0.2, 0) is 6.61 Å². The van der Waals surface area contributed by atoms with Crippen molar-refractivity contribution in [3.63, 3.8) is 0 Å². The molecule has 2 heterocycles. The zero-order valence-corrected chi connectivity index (χ0v) is 23.9. The largest absolute Gasteiger partial charge is 0.494 e. The number of nitrogens with zero attached hydrogens (tertiary/aromatic N) is 2. The quantitative estimate of drug-likeness (QED) is 0.211. The summed E-state index contributed by atoms with van der Waals surface area (Å²) in [6.07, 6.45) is -0.727. The van der Waals surface area contributed by atoms with E-state index in [1.807, 2.05) is 48.5 Å². The van der Waals surface area contributed by atoms with Crippen LogP contribution in [0.2, 0.25) is 0 Å². The molecule has 2 aromatic heterocycles. The van der Waals surface area contributed by atoms with E-state index in [2.05, 4.69) is 9.97 Å². The maximum absolute atomic E-state index is 13.5. The first-order chi connectivity index (χ1) is 20.9. The molecule has 2 N–H and O–H groups in total. The number of halogens is 2. The second-order valence-electron chi connectivity index (χ2n) is 9.77. The molecule has 1 atom stereocenters. The number of aliphatic hydroxyl groups is 2. The Morgan fingerprint density at radius 2 is 1.16 bits per heavy atom. The van der Waals surface area contributed by atoms with Crippen LogP contribution in [-0.4, -0.2) is 34.4 Å². The number of methoxy groups -OCH3 is 2. The van der Waals surface area contributed by atoms with E-state index in [4.69, 9.17) is 9.47 Å². The summed E-state index contributed by atoms with van der Waals surface area (Å²) in [5, 5.41) is 21.5. The topological polar surface area (TPSA) is 84.7 Å². The smallest absolute Gasteiger partial charge is 0.151 e. The number of hydrogen-bond donors (Lipinski definition) is 2. The highest BCUT2D eigenvalue weighted by Gasteiger charge is 2.20. The van der Waals surface area contributed by atoms with Gasteiger partial charge in [0.25, 0.3) is 0 Å². The van der Waals surface area contributed by atoms with Crippen LogP contribution >= 0.6 is 0 Å². The summed E-state index contributed by atoms with van der Waals surface area (Å²) in [5.41, 5.74) is 5.07. The van der Waals surface area contributed by atoms with Gasteiger partial charge >= 0.3 is 0 Å². The summed E-state index contributed by atoms with van der Waals surface area (Å²) >= 11 is 0. The number of rotatable bonds is 6. The number of aliphatic hydroxyl groups excluding tert-OH is 2. The molecule has 6 nitrogen and oxygen atoms in total. The molecule has 0 bridgehead atoms. The van der Waals surface area contributed by atoms with Gasteiger partial charge in [0.1, 0.15) is 23.0 Å². The first-order valence-corrected chi connectivity index (χ1v) is 13.6. The van der Waals surface area contributed by atoms with Gasteiger partial charge in [-0.2, -0.15) is 0 Å². The van der Waals surface area contributed by atoms with Crippen LogP contribution in [0.25, 0.3) is 44.3 Å². The van der Waals surface area contributed by atoms with Gasteiger partial charge in [0, 0.05) is 33.0 Å². The van der Waals surface area contributed by atoms with Crippen molar-refractivity contribution in [3.8, 4) is 34.0 Å². The highest BCUT2D eigenvalue weighted by atomic mass is 19.1. The van der Waals surface area contributed by atoms with Crippen molar-refractivity contribution in [1.82, 2.24) is 9.97 Å². The number of para-hydroxylation sites is 2.